The maximum absolute atomic E-state index is 6.09. The van der Waals surface area contributed by atoms with Crippen molar-refractivity contribution in [1.29, 1.82) is 0 Å². The van der Waals surface area contributed by atoms with Gasteiger partial charge in [0, 0.05) is 212 Å². The van der Waals surface area contributed by atoms with E-state index in [4.69, 9.17) is 114 Å². The van der Waals surface area contributed by atoms with Gasteiger partial charge in [-0.15, -0.1) is 0 Å². The molecule has 0 fully saturated rings. The number of methoxy groups -OCH3 is 12. The van der Waals surface area contributed by atoms with Gasteiger partial charge in [-0.25, -0.2) is 0 Å². The lowest BCUT2D eigenvalue weighted by molar-refractivity contribution is 0.0456. The molecule has 3 aliphatic rings. The van der Waals surface area contributed by atoms with E-state index in [-0.39, 0.29) is 81.5 Å². The molecule has 24 nitrogen and oxygen atoms in total. The number of thioether (sulfide) groups is 6. The van der Waals surface area contributed by atoms with Gasteiger partial charge in [0.05, 0.1) is 0 Å². The third-order valence-corrected chi connectivity index (χ3v) is 29.5. The summed E-state index contributed by atoms with van der Waals surface area (Å²) in [5.74, 6) is 15.7. The maximum atomic E-state index is 6.09. The minimum absolute atomic E-state index is 0.0803. The summed E-state index contributed by atoms with van der Waals surface area (Å²) in [6.45, 7) is 11.3. The molecule has 3 aliphatic carbocycles. The van der Waals surface area contributed by atoms with Crippen molar-refractivity contribution in [2.24, 2.45) is 5.41 Å². The molecule has 30 heteroatoms. The van der Waals surface area contributed by atoms with Crippen molar-refractivity contribution in [2.45, 2.75) is 113 Å². The zero-order chi connectivity index (χ0) is 90.5. The van der Waals surface area contributed by atoms with Crippen LogP contribution in [0.2, 0.25) is 0 Å². The smallest absolute Gasteiger partial charge is 0.188 e. The second-order valence-electron chi connectivity index (χ2n) is 31.4. The number of benzene rings is 9. The Morgan fingerprint density at radius 3 is 0.391 bits per heavy atom. The summed E-state index contributed by atoms with van der Waals surface area (Å²) < 4.78 is 138. The molecule has 0 saturated carbocycles. The standard InChI is InChI=1S/C98H120O24S6/c1-95-89-29-71(47-123-41-65-17-77(111-53-99-5)35-78(18-65)112-54-100-6)73(49-125-43-67-21-81(115-57-103-9)37-82(22-67)116-58-104-10)31-91(89)96(2)93-33-75(51-127-45-69-25-85(119-61-107-13)39-86(26-69)120-62-108-14)76(52-128-46-70-27-87(121-63-109-15)40-88(28-70)122-64-110-16)34-94(93)97(3,98(95,96)4)92-32-74(50-126-44-68-23-83(117-59-105-11)38-84(24-68)118-60-106-12)72(30-90(92)95)48-124-42-66-19-79(113-55-101-7)36-80(20-66)114-56-102-8/h17-40H,41-64H2,1-16H3. The fourth-order valence-corrected chi connectivity index (χ4v) is 23.3. The molecule has 0 unspecified atom stereocenters. The molecule has 0 amide bonds. The van der Waals surface area contributed by atoms with E-state index >= 15 is 0 Å². The minimum atomic E-state index is -0.624. The molecule has 0 atom stereocenters. The van der Waals surface area contributed by atoms with Crippen LogP contribution in [0.15, 0.2) is 146 Å². The summed E-state index contributed by atoms with van der Waals surface area (Å²) in [5, 5.41) is 0. The fourth-order valence-electron chi connectivity index (χ4n) is 17.4. The Bertz CT molecular complexity index is 4140. The predicted octanol–water partition coefficient (Wildman–Crippen LogP) is 20.3. The van der Waals surface area contributed by atoms with Crippen molar-refractivity contribution in [3.8, 4) is 69.0 Å². The van der Waals surface area contributed by atoms with Crippen molar-refractivity contribution < 1.29 is 114 Å². The van der Waals surface area contributed by atoms with Gasteiger partial charge in [-0.1, -0.05) is 64.1 Å². The van der Waals surface area contributed by atoms with Crippen LogP contribution in [-0.2, 0) is 142 Å². The van der Waals surface area contributed by atoms with Crippen LogP contribution in [0.4, 0.5) is 0 Å². The largest absolute Gasteiger partial charge is 0.467 e. The monoisotopic (exact) mass is 1870 g/mol. The SMILES string of the molecule is COCOc1cc(CSCc2cc3c(cc2CSCc2cc(OCOC)cc(OCOC)c2)C2(C)c4cc(CSCc5cc(OCOC)cc(OCOC)c5)c(CSCc5cc(OCOC)cc(OCOC)c5)cc4C4(C)c5cc(CSCc6cc(OCOC)cc(OCOC)c6)c(CSCc6cc(OCOC)cc(OCOC)c6)cc5C3(C)C24C)cc(OCOC)c1. The number of hydrogen-bond donors (Lipinski definition) is 0. The molecule has 12 rings (SSSR count). The predicted molar refractivity (Wildman–Crippen MR) is 505 cm³/mol. The minimum Gasteiger partial charge on any atom is -0.467 e. The van der Waals surface area contributed by atoms with E-state index in [9.17, 15) is 0 Å². The quantitative estimate of drug-likeness (QED) is 0.0323. The zero-order valence-electron chi connectivity index (χ0n) is 76.1. The van der Waals surface area contributed by atoms with E-state index in [1.165, 1.54) is 66.8 Å². The van der Waals surface area contributed by atoms with Gasteiger partial charge < -0.3 is 114 Å². The second-order valence-corrected chi connectivity index (χ2v) is 37.4. The Kier molecular flexibility index (Phi) is 38.0. The van der Waals surface area contributed by atoms with Crippen molar-refractivity contribution in [3.05, 3.63) is 246 Å². The third-order valence-electron chi connectivity index (χ3n) is 23.2. The average molecular weight is 1870 g/mol. The molecule has 692 valence electrons. The van der Waals surface area contributed by atoms with Crippen molar-refractivity contribution >= 4 is 70.6 Å². The van der Waals surface area contributed by atoms with Crippen molar-refractivity contribution in [2.75, 3.05) is 167 Å². The molecule has 0 aromatic heterocycles. The lowest BCUT2D eigenvalue weighted by Crippen LogP contribution is -2.51. The number of fused-ring (bicyclic) bond motifs is 9. The molecule has 0 N–H and O–H groups in total. The first-order chi connectivity index (χ1) is 62.4. The Hall–Kier alpha value is -7.80. The molecule has 128 heavy (non-hydrogen) atoms. The molecule has 0 saturated heterocycles. The fraction of sp³-hybridized carbons (Fsp3) is 0.449. The highest BCUT2D eigenvalue weighted by Gasteiger charge is 2.80. The van der Waals surface area contributed by atoms with E-state index < -0.39 is 21.7 Å². The Labute approximate surface area is 778 Å². The lowest BCUT2D eigenvalue weighted by atomic mass is 9.52. The van der Waals surface area contributed by atoms with Gasteiger partial charge in [-0.3, -0.25) is 0 Å². The van der Waals surface area contributed by atoms with Crippen LogP contribution in [0.1, 0.15) is 128 Å². The van der Waals surface area contributed by atoms with E-state index in [1.54, 1.807) is 85.3 Å². The van der Waals surface area contributed by atoms with Gasteiger partial charge in [-0.2, -0.15) is 70.6 Å². The highest BCUT2D eigenvalue weighted by molar-refractivity contribution is 7.99. The molecule has 9 aromatic rings. The Balaban J connectivity index is 1.06. The van der Waals surface area contributed by atoms with Gasteiger partial charge in [0.25, 0.3) is 0 Å². The van der Waals surface area contributed by atoms with Crippen molar-refractivity contribution in [1.82, 2.24) is 0 Å². The normalized spacial score (nSPS) is 16.8. The maximum Gasteiger partial charge on any atom is 0.188 e. The number of hydrogen-bond acceptors (Lipinski definition) is 30. The van der Waals surface area contributed by atoms with Gasteiger partial charge >= 0.3 is 0 Å². The lowest BCUT2D eigenvalue weighted by Gasteiger charge is -2.49. The van der Waals surface area contributed by atoms with E-state index in [2.05, 4.69) is 137 Å². The topological polar surface area (TPSA) is 222 Å². The Morgan fingerprint density at radius 1 is 0.164 bits per heavy atom. The highest BCUT2D eigenvalue weighted by atomic mass is 32.2. The third kappa shape index (κ3) is 24.2. The summed E-state index contributed by atoms with van der Waals surface area (Å²) >= 11 is 11.2. The number of rotatable bonds is 60. The molecule has 0 bridgehead atoms. The average Bonchev–Trinajstić information content (AvgIpc) is 1.43. The van der Waals surface area contributed by atoms with Crippen LogP contribution in [0.3, 0.4) is 0 Å². The summed E-state index contributed by atoms with van der Waals surface area (Å²) in [6.07, 6.45) is 0. The van der Waals surface area contributed by atoms with E-state index in [0.717, 1.165) is 33.4 Å². The van der Waals surface area contributed by atoms with Crippen LogP contribution >= 0.6 is 70.6 Å². The van der Waals surface area contributed by atoms with Gasteiger partial charge in [0.1, 0.15) is 69.0 Å². The molecular formula is C98H120O24S6. The van der Waals surface area contributed by atoms with Crippen LogP contribution in [0.5, 0.6) is 69.0 Å². The molecular weight excluding hydrogens is 1750 g/mol. The first kappa shape index (κ1) is 99.2. The highest BCUT2D eigenvalue weighted by Crippen LogP contribution is 2.83. The molecule has 0 aliphatic heterocycles. The molecule has 0 radical (unpaired) electrons. The van der Waals surface area contributed by atoms with E-state index in [1.807, 2.05) is 107 Å². The molecule has 0 spiro atoms. The zero-order valence-corrected chi connectivity index (χ0v) is 81.0. The van der Waals surface area contributed by atoms with Crippen LogP contribution in [0, 0.1) is 5.41 Å². The summed E-state index contributed by atoms with van der Waals surface area (Å²) in [7, 11) is 19.4. The molecule has 9 aromatic carbocycles. The summed E-state index contributed by atoms with van der Waals surface area (Å²) in [5.41, 5.74) is 19.2. The summed E-state index contributed by atoms with van der Waals surface area (Å²) in [4.78, 5) is 0. The van der Waals surface area contributed by atoms with Crippen LogP contribution < -0.4 is 56.8 Å². The first-order valence-corrected chi connectivity index (χ1v) is 48.5. The summed E-state index contributed by atoms with van der Waals surface area (Å²) in [6, 6.07) is 51.6. The molecule has 0 heterocycles. The van der Waals surface area contributed by atoms with Gasteiger partial charge in [0.2, 0.25) is 0 Å². The van der Waals surface area contributed by atoms with E-state index in [0.29, 0.717) is 138 Å². The second kappa shape index (κ2) is 49.1. The van der Waals surface area contributed by atoms with Crippen LogP contribution in [-0.4, -0.2) is 167 Å². The first-order valence-electron chi connectivity index (χ1n) is 41.6. The van der Waals surface area contributed by atoms with Crippen LogP contribution in [0.25, 0.3) is 0 Å². The number of ether oxygens (including phenoxy) is 24. The Morgan fingerprint density at radius 2 is 0.281 bits per heavy atom. The van der Waals surface area contributed by atoms with Gasteiger partial charge in [0.15, 0.2) is 81.5 Å². The van der Waals surface area contributed by atoms with Gasteiger partial charge in [-0.05, 0) is 173 Å². The van der Waals surface area contributed by atoms with Crippen molar-refractivity contribution in [3.63, 3.8) is 0 Å².